The molecule has 0 radical (unpaired) electrons. The van der Waals surface area contributed by atoms with Crippen molar-refractivity contribution >= 4 is 23.5 Å². The number of aliphatic hydroxyl groups is 2. The Morgan fingerprint density at radius 1 is 1.28 bits per heavy atom. The van der Waals surface area contributed by atoms with Crippen LogP contribution in [-0.4, -0.2) is 57.2 Å². The Bertz CT molecular complexity index is 919. The smallest absolute Gasteiger partial charge is 0.428 e. The lowest BCUT2D eigenvalue weighted by atomic mass is 9.81. The van der Waals surface area contributed by atoms with Crippen LogP contribution in [-0.2, 0) is 26.9 Å². The Kier molecular flexibility index (Phi) is 6.26. The number of rotatable bonds is 6. The average Bonchev–Trinajstić information content (AvgIpc) is 3.09. The van der Waals surface area contributed by atoms with Crippen LogP contribution in [0.2, 0.25) is 5.02 Å². The number of nitrogens with zero attached hydrogens (tertiary/aromatic N) is 2. The van der Waals surface area contributed by atoms with E-state index in [1.165, 1.54) is 18.2 Å². The summed E-state index contributed by atoms with van der Waals surface area (Å²) < 4.78 is 51.4. The second kappa shape index (κ2) is 8.01. The number of carbonyl (C=O) groups excluding carboxylic acids is 2. The fourth-order valence-electron chi connectivity index (χ4n) is 2.61. The number of ether oxygens (including phenoxy) is 2. The molecule has 2 rings (SSSR count). The van der Waals surface area contributed by atoms with Crippen molar-refractivity contribution in [1.29, 1.82) is 0 Å². The molecule has 1 aromatic carbocycles. The highest BCUT2D eigenvalue weighted by atomic mass is 35.5. The molecule has 0 saturated carbocycles. The summed E-state index contributed by atoms with van der Waals surface area (Å²) in [4.78, 5) is 27.7. The lowest BCUT2D eigenvalue weighted by Gasteiger charge is -2.40. The predicted octanol–water partition coefficient (Wildman–Crippen LogP) is 1.58. The number of methoxy groups -OCH3 is 1. The van der Waals surface area contributed by atoms with E-state index in [1.54, 1.807) is 0 Å². The van der Waals surface area contributed by atoms with Gasteiger partial charge in [0.1, 0.15) is 6.61 Å². The molecule has 0 amide bonds. The summed E-state index contributed by atoms with van der Waals surface area (Å²) in [5, 5.41) is 21.4. The van der Waals surface area contributed by atoms with Crippen molar-refractivity contribution in [2.45, 2.75) is 17.4 Å². The Labute approximate surface area is 167 Å². The Balaban J connectivity index is 2.51. The molecule has 0 aliphatic heterocycles. The molecule has 2 aromatic rings. The van der Waals surface area contributed by atoms with Crippen molar-refractivity contribution in [2.75, 3.05) is 13.7 Å². The number of alkyl halides is 3. The lowest BCUT2D eigenvalue weighted by molar-refractivity contribution is -0.330. The number of hydrogen-bond acceptors (Lipinski definition) is 7. The molecule has 12 heteroatoms. The summed E-state index contributed by atoms with van der Waals surface area (Å²) in [6, 6.07) is 5.23. The van der Waals surface area contributed by atoms with Crippen molar-refractivity contribution in [2.24, 2.45) is 7.05 Å². The maximum Gasteiger partial charge on any atom is 0.428 e. The second-order valence-electron chi connectivity index (χ2n) is 6.01. The number of benzene rings is 1. The van der Waals surface area contributed by atoms with Crippen LogP contribution in [0.25, 0.3) is 0 Å². The third-order valence-corrected chi connectivity index (χ3v) is 4.38. The highest BCUT2D eigenvalue weighted by molar-refractivity contribution is 6.30. The highest BCUT2D eigenvalue weighted by Crippen LogP contribution is 2.46. The third-order valence-electron chi connectivity index (χ3n) is 4.15. The maximum absolute atomic E-state index is 13.9. The minimum absolute atomic E-state index is 0.141. The predicted molar refractivity (Wildman–Crippen MR) is 91.9 cm³/mol. The summed E-state index contributed by atoms with van der Waals surface area (Å²) in [5.74, 6) is -4.20. The zero-order valence-electron chi connectivity index (χ0n) is 15.1. The molecule has 0 bridgehead atoms. The standard InChI is InChI=1S/C17H16ClF3N2O6/c1-23-7-6-22-13(23)16(27,17(19,20)21)15(26,14(25)28-2)9-29-12(24)10-4-3-5-11(18)8-10/h3-8,26-27H,9H2,1-2H3/t15-,16+/m0/s1. The van der Waals surface area contributed by atoms with E-state index in [0.29, 0.717) is 7.11 Å². The van der Waals surface area contributed by atoms with Gasteiger partial charge in [0.2, 0.25) is 5.60 Å². The molecule has 0 aliphatic carbocycles. The number of esters is 2. The highest BCUT2D eigenvalue weighted by Gasteiger charge is 2.73. The van der Waals surface area contributed by atoms with E-state index in [9.17, 15) is 33.0 Å². The van der Waals surface area contributed by atoms with Gasteiger partial charge in [-0.05, 0) is 18.2 Å². The van der Waals surface area contributed by atoms with Crippen LogP contribution in [0.5, 0.6) is 0 Å². The number of carbonyl (C=O) groups is 2. The Hall–Kier alpha value is -2.63. The summed E-state index contributed by atoms with van der Waals surface area (Å²) >= 11 is 5.74. The topological polar surface area (TPSA) is 111 Å². The van der Waals surface area contributed by atoms with Crippen LogP contribution < -0.4 is 0 Å². The molecule has 8 nitrogen and oxygen atoms in total. The molecule has 1 aromatic heterocycles. The minimum Gasteiger partial charge on any atom is -0.467 e. The van der Waals surface area contributed by atoms with Gasteiger partial charge in [0.25, 0.3) is 5.60 Å². The van der Waals surface area contributed by atoms with E-state index in [1.807, 2.05) is 0 Å². The van der Waals surface area contributed by atoms with Crippen LogP contribution >= 0.6 is 11.6 Å². The summed E-state index contributed by atoms with van der Waals surface area (Å²) in [7, 11) is 1.80. The van der Waals surface area contributed by atoms with Crippen molar-refractivity contribution in [3.8, 4) is 0 Å². The van der Waals surface area contributed by atoms with Crippen molar-refractivity contribution in [3.05, 3.63) is 53.1 Å². The van der Waals surface area contributed by atoms with Gasteiger partial charge in [-0.15, -0.1) is 0 Å². The summed E-state index contributed by atoms with van der Waals surface area (Å²) in [5.41, 5.74) is -8.19. The molecule has 0 saturated heterocycles. The third kappa shape index (κ3) is 3.93. The molecule has 158 valence electrons. The van der Waals surface area contributed by atoms with Crippen LogP contribution in [0, 0.1) is 0 Å². The summed E-state index contributed by atoms with van der Waals surface area (Å²) in [6.07, 6.45) is -3.64. The van der Waals surface area contributed by atoms with Crippen LogP contribution in [0.3, 0.4) is 0 Å². The first kappa shape index (κ1) is 22.7. The van der Waals surface area contributed by atoms with Gasteiger partial charge in [-0.2, -0.15) is 13.2 Å². The number of imidazole rings is 1. The monoisotopic (exact) mass is 436 g/mol. The number of aromatic nitrogens is 2. The quantitative estimate of drug-likeness (QED) is 0.661. The van der Waals surface area contributed by atoms with E-state index >= 15 is 0 Å². The molecule has 0 fully saturated rings. The largest absolute Gasteiger partial charge is 0.467 e. The zero-order chi connectivity index (χ0) is 22.0. The normalized spacial score (nSPS) is 15.9. The van der Waals surface area contributed by atoms with Crippen LogP contribution in [0.15, 0.2) is 36.7 Å². The van der Waals surface area contributed by atoms with Crippen LogP contribution in [0.4, 0.5) is 13.2 Å². The Morgan fingerprint density at radius 2 is 1.93 bits per heavy atom. The number of hydrogen-bond donors (Lipinski definition) is 2. The van der Waals surface area contributed by atoms with Gasteiger partial charge >= 0.3 is 18.1 Å². The van der Waals surface area contributed by atoms with Gasteiger partial charge in [0, 0.05) is 24.5 Å². The fourth-order valence-corrected chi connectivity index (χ4v) is 2.80. The van der Waals surface area contributed by atoms with Crippen molar-refractivity contribution in [3.63, 3.8) is 0 Å². The van der Waals surface area contributed by atoms with Crippen molar-refractivity contribution in [1.82, 2.24) is 9.55 Å². The number of halogens is 4. The Morgan fingerprint density at radius 3 is 2.41 bits per heavy atom. The number of aryl methyl sites for hydroxylation is 1. The first-order valence-corrected chi connectivity index (χ1v) is 8.26. The van der Waals surface area contributed by atoms with Crippen LogP contribution in [0.1, 0.15) is 16.2 Å². The molecule has 29 heavy (non-hydrogen) atoms. The van der Waals surface area contributed by atoms with Gasteiger partial charge in [0.05, 0.1) is 12.7 Å². The van der Waals surface area contributed by atoms with Gasteiger partial charge < -0.3 is 24.3 Å². The molecule has 0 spiro atoms. The van der Waals surface area contributed by atoms with E-state index < -0.39 is 41.7 Å². The minimum atomic E-state index is -5.61. The zero-order valence-corrected chi connectivity index (χ0v) is 15.9. The van der Waals surface area contributed by atoms with E-state index in [4.69, 9.17) is 16.3 Å². The lowest BCUT2D eigenvalue weighted by Crippen LogP contribution is -2.67. The second-order valence-corrected chi connectivity index (χ2v) is 6.44. The summed E-state index contributed by atoms with van der Waals surface area (Å²) in [6.45, 7) is -1.59. The van der Waals surface area contributed by atoms with Crippen molar-refractivity contribution < 1.29 is 42.4 Å². The molecule has 0 aliphatic rings. The molecule has 0 unspecified atom stereocenters. The van der Waals surface area contributed by atoms with E-state index in [-0.39, 0.29) is 10.6 Å². The van der Waals surface area contributed by atoms with Gasteiger partial charge in [0.15, 0.2) is 5.82 Å². The maximum atomic E-state index is 13.9. The fraction of sp³-hybridized carbons (Fsp3) is 0.353. The molecule has 2 N–H and O–H groups in total. The van der Waals surface area contributed by atoms with Gasteiger partial charge in [-0.25, -0.2) is 14.6 Å². The molecular formula is C17H16ClF3N2O6. The molecule has 1 heterocycles. The van der Waals surface area contributed by atoms with E-state index in [2.05, 4.69) is 9.72 Å². The first-order valence-electron chi connectivity index (χ1n) is 7.89. The average molecular weight is 437 g/mol. The van der Waals surface area contributed by atoms with E-state index in [0.717, 1.165) is 30.1 Å². The molecular weight excluding hydrogens is 421 g/mol. The first-order chi connectivity index (χ1) is 13.4. The van der Waals surface area contributed by atoms with Gasteiger partial charge in [-0.1, -0.05) is 17.7 Å². The van der Waals surface area contributed by atoms with Gasteiger partial charge in [-0.3, -0.25) is 0 Å². The SMILES string of the molecule is COC(=O)[C@@](O)(COC(=O)c1cccc(Cl)c1)[C@](O)(c1nccn1C)C(F)(F)F. The molecule has 2 atom stereocenters.